The fraction of sp³-hybridized carbons (Fsp3) is 0.600. The third-order valence-corrected chi connectivity index (χ3v) is 4.10. The van der Waals surface area contributed by atoms with E-state index >= 15 is 0 Å². The zero-order valence-corrected chi connectivity index (χ0v) is 12.3. The summed E-state index contributed by atoms with van der Waals surface area (Å²) >= 11 is 0. The van der Waals surface area contributed by atoms with Crippen LogP contribution in [0.1, 0.15) is 31.4 Å². The Morgan fingerprint density at radius 3 is 2.85 bits per heavy atom. The summed E-state index contributed by atoms with van der Waals surface area (Å²) in [6.45, 7) is 6.25. The number of likely N-dealkylation sites (tertiary alicyclic amines) is 1. The summed E-state index contributed by atoms with van der Waals surface area (Å²) in [5.74, 6) is 0. The zero-order chi connectivity index (χ0) is 13.9. The summed E-state index contributed by atoms with van der Waals surface area (Å²) in [5.41, 5.74) is 2.25. The molecule has 1 fully saturated rings. The lowest BCUT2D eigenvalue weighted by molar-refractivity contribution is 0.215. The molecule has 1 saturated heterocycles. The fourth-order valence-electron chi connectivity index (χ4n) is 2.86. The number of hydrogen-bond donors (Lipinski definition) is 1. The standard InChI is InChI=1S/C15H23N5/c1-3-16-9-12-8-13-11-18-20(15(13)17-10-12)14-4-6-19(2)7-5-14/h8,10-11,14,16H,3-7,9H2,1-2H3. The lowest BCUT2D eigenvalue weighted by Gasteiger charge is -2.29. The molecule has 0 spiro atoms. The molecule has 1 aliphatic heterocycles. The first-order valence-electron chi connectivity index (χ1n) is 7.49. The van der Waals surface area contributed by atoms with E-state index in [-0.39, 0.29) is 0 Å². The molecule has 2 aromatic rings. The molecule has 5 nitrogen and oxygen atoms in total. The maximum Gasteiger partial charge on any atom is 0.157 e. The first-order valence-corrected chi connectivity index (χ1v) is 7.49. The number of fused-ring (bicyclic) bond motifs is 1. The highest BCUT2D eigenvalue weighted by molar-refractivity contribution is 5.75. The van der Waals surface area contributed by atoms with Gasteiger partial charge >= 0.3 is 0 Å². The third-order valence-electron chi connectivity index (χ3n) is 4.10. The lowest BCUT2D eigenvalue weighted by atomic mass is 10.1. The van der Waals surface area contributed by atoms with Crippen LogP contribution in [0.25, 0.3) is 11.0 Å². The van der Waals surface area contributed by atoms with Gasteiger partial charge in [-0.1, -0.05) is 6.92 Å². The maximum absolute atomic E-state index is 4.64. The molecular weight excluding hydrogens is 250 g/mol. The topological polar surface area (TPSA) is 46.0 Å². The van der Waals surface area contributed by atoms with E-state index in [1.54, 1.807) is 0 Å². The van der Waals surface area contributed by atoms with E-state index in [9.17, 15) is 0 Å². The van der Waals surface area contributed by atoms with Crippen LogP contribution in [0.15, 0.2) is 18.5 Å². The Bertz CT molecular complexity index is 569. The Hall–Kier alpha value is -1.46. The molecule has 5 heteroatoms. The van der Waals surface area contributed by atoms with Crippen molar-refractivity contribution in [2.75, 3.05) is 26.7 Å². The second-order valence-corrected chi connectivity index (χ2v) is 5.66. The minimum Gasteiger partial charge on any atom is -0.313 e. The average molecular weight is 273 g/mol. The van der Waals surface area contributed by atoms with Gasteiger partial charge in [-0.05, 0) is 51.2 Å². The lowest BCUT2D eigenvalue weighted by Crippen LogP contribution is -2.31. The molecule has 0 saturated carbocycles. The molecule has 20 heavy (non-hydrogen) atoms. The summed E-state index contributed by atoms with van der Waals surface area (Å²) in [7, 11) is 2.18. The van der Waals surface area contributed by atoms with Crippen molar-refractivity contribution in [1.82, 2.24) is 25.0 Å². The van der Waals surface area contributed by atoms with Crippen molar-refractivity contribution in [3.8, 4) is 0 Å². The van der Waals surface area contributed by atoms with E-state index < -0.39 is 0 Å². The van der Waals surface area contributed by atoms with Crippen molar-refractivity contribution in [2.24, 2.45) is 0 Å². The number of rotatable bonds is 4. The van der Waals surface area contributed by atoms with Gasteiger partial charge in [-0.2, -0.15) is 5.10 Å². The van der Waals surface area contributed by atoms with Crippen molar-refractivity contribution in [2.45, 2.75) is 32.4 Å². The maximum atomic E-state index is 4.64. The molecule has 108 valence electrons. The van der Waals surface area contributed by atoms with Crippen molar-refractivity contribution < 1.29 is 0 Å². The minimum atomic E-state index is 0.496. The SMILES string of the molecule is CCNCc1cnc2c(cnn2C2CCN(C)CC2)c1. The van der Waals surface area contributed by atoms with Crippen LogP contribution in [0, 0.1) is 0 Å². The number of aromatic nitrogens is 3. The summed E-state index contributed by atoms with van der Waals surface area (Å²) in [6, 6.07) is 2.69. The Kier molecular flexibility index (Phi) is 3.98. The Labute approximate surface area is 120 Å². The van der Waals surface area contributed by atoms with Crippen LogP contribution in [0.2, 0.25) is 0 Å². The van der Waals surface area contributed by atoms with E-state index in [4.69, 9.17) is 0 Å². The molecule has 1 aliphatic rings. The molecule has 2 aromatic heterocycles. The molecule has 3 heterocycles. The van der Waals surface area contributed by atoms with E-state index in [2.05, 4.69) is 45.0 Å². The molecule has 1 N–H and O–H groups in total. The van der Waals surface area contributed by atoms with Crippen LogP contribution in [-0.4, -0.2) is 46.3 Å². The van der Waals surface area contributed by atoms with Gasteiger partial charge in [0.1, 0.15) is 0 Å². The van der Waals surface area contributed by atoms with Crippen molar-refractivity contribution in [1.29, 1.82) is 0 Å². The van der Waals surface area contributed by atoms with E-state index in [0.29, 0.717) is 6.04 Å². The zero-order valence-electron chi connectivity index (χ0n) is 12.3. The summed E-state index contributed by atoms with van der Waals surface area (Å²) in [6.07, 6.45) is 6.25. The quantitative estimate of drug-likeness (QED) is 0.923. The van der Waals surface area contributed by atoms with Gasteiger partial charge in [0.25, 0.3) is 0 Å². The fourth-order valence-corrected chi connectivity index (χ4v) is 2.86. The molecule has 3 rings (SSSR count). The smallest absolute Gasteiger partial charge is 0.157 e. The van der Waals surface area contributed by atoms with Gasteiger partial charge in [0.05, 0.1) is 12.2 Å². The molecule has 0 aromatic carbocycles. The Morgan fingerprint density at radius 2 is 2.10 bits per heavy atom. The summed E-state index contributed by atoms with van der Waals surface area (Å²) in [4.78, 5) is 7.01. The molecular formula is C15H23N5. The predicted octanol–water partition coefficient (Wildman–Crippen LogP) is 1.81. The van der Waals surface area contributed by atoms with E-state index in [0.717, 1.165) is 50.1 Å². The molecule has 0 amide bonds. The second-order valence-electron chi connectivity index (χ2n) is 5.66. The van der Waals surface area contributed by atoms with Gasteiger partial charge in [0, 0.05) is 18.1 Å². The highest BCUT2D eigenvalue weighted by atomic mass is 15.3. The van der Waals surface area contributed by atoms with Gasteiger partial charge < -0.3 is 10.2 Å². The van der Waals surface area contributed by atoms with Crippen molar-refractivity contribution in [3.63, 3.8) is 0 Å². The number of pyridine rings is 1. The molecule has 0 aliphatic carbocycles. The molecule has 0 bridgehead atoms. The average Bonchev–Trinajstić information content (AvgIpc) is 2.89. The van der Waals surface area contributed by atoms with E-state index in [1.165, 1.54) is 5.56 Å². The highest BCUT2D eigenvalue weighted by Gasteiger charge is 2.20. The molecule has 0 unspecified atom stereocenters. The third kappa shape index (κ3) is 2.69. The van der Waals surface area contributed by atoms with Crippen LogP contribution >= 0.6 is 0 Å². The Morgan fingerprint density at radius 1 is 1.30 bits per heavy atom. The highest BCUT2D eigenvalue weighted by Crippen LogP contribution is 2.25. The van der Waals surface area contributed by atoms with Crippen LogP contribution < -0.4 is 5.32 Å². The number of nitrogens with one attached hydrogen (secondary N) is 1. The monoisotopic (exact) mass is 273 g/mol. The van der Waals surface area contributed by atoms with Gasteiger partial charge in [0.15, 0.2) is 5.65 Å². The van der Waals surface area contributed by atoms with Gasteiger partial charge in [0.2, 0.25) is 0 Å². The van der Waals surface area contributed by atoms with Crippen molar-refractivity contribution >= 4 is 11.0 Å². The van der Waals surface area contributed by atoms with Crippen LogP contribution in [0.5, 0.6) is 0 Å². The summed E-state index contributed by atoms with van der Waals surface area (Å²) in [5, 5.41) is 9.06. The Balaban J connectivity index is 1.82. The number of hydrogen-bond acceptors (Lipinski definition) is 4. The largest absolute Gasteiger partial charge is 0.313 e. The minimum absolute atomic E-state index is 0.496. The van der Waals surface area contributed by atoms with E-state index in [1.807, 2.05) is 12.4 Å². The van der Waals surface area contributed by atoms with Gasteiger partial charge in [-0.25, -0.2) is 9.67 Å². The molecule has 0 atom stereocenters. The second kappa shape index (κ2) is 5.89. The van der Waals surface area contributed by atoms with Crippen molar-refractivity contribution in [3.05, 3.63) is 24.0 Å². The van der Waals surface area contributed by atoms with Gasteiger partial charge in [-0.3, -0.25) is 0 Å². The normalized spacial score (nSPS) is 17.9. The van der Waals surface area contributed by atoms with Gasteiger partial charge in [-0.15, -0.1) is 0 Å². The first kappa shape index (κ1) is 13.5. The number of nitrogens with zero attached hydrogens (tertiary/aromatic N) is 4. The summed E-state index contributed by atoms with van der Waals surface area (Å²) < 4.78 is 2.12. The predicted molar refractivity (Wildman–Crippen MR) is 80.7 cm³/mol. The van der Waals surface area contributed by atoms with Crippen LogP contribution in [0.4, 0.5) is 0 Å². The number of piperidine rings is 1. The first-order chi connectivity index (χ1) is 9.78. The molecule has 0 radical (unpaired) electrons. The van der Waals surface area contributed by atoms with Crippen LogP contribution in [-0.2, 0) is 6.54 Å². The van der Waals surface area contributed by atoms with Crippen LogP contribution in [0.3, 0.4) is 0 Å².